The van der Waals surface area contributed by atoms with Gasteiger partial charge in [0, 0.05) is 0 Å². The highest BCUT2D eigenvalue weighted by atomic mass is 16.5. The van der Waals surface area contributed by atoms with E-state index in [1.807, 2.05) is 0 Å². The number of nitrogens with zero attached hydrogens (tertiary/aromatic N) is 2. The summed E-state index contributed by atoms with van der Waals surface area (Å²) in [5, 5.41) is 0. The van der Waals surface area contributed by atoms with Crippen LogP contribution in [-0.4, -0.2) is 24.2 Å². The quantitative estimate of drug-likeness (QED) is 0.903. The standard InChI is InChI=1S/C14H23N3O2/c1-13(2)11(14(13,3)4)9(15)10-12(19-6)17-8(18-5)7-16-10/h7,9,11H,15H2,1-6H3. The Bertz CT molecular complexity index is 472. The van der Waals surface area contributed by atoms with Crippen LogP contribution in [0.2, 0.25) is 0 Å². The van der Waals surface area contributed by atoms with Crippen LogP contribution in [0.25, 0.3) is 0 Å². The first-order valence-corrected chi connectivity index (χ1v) is 6.48. The van der Waals surface area contributed by atoms with Crippen LogP contribution in [0.3, 0.4) is 0 Å². The van der Waals surface area contributed by atoms with Crippen molar-refractivity contribution in [1.82, 2.24) is 9.97 Å². The Morgan fingerprint density at radius 1 is 1.16 bits per heavy atom. The second-order valence-corrected chi connectivity index (χ2v) is 6.25. The van der Waals surface area contributed by atoms with Gasteiger partial charge in [-0.15, -0.1) is 0 Å². The summed E-state index contributed by atoms with van der Waals surface area (Å²) in [5.41, 5.74) is 7.48. The molecule has 0 aliphatic heterocycles. The number of ether oxygens (including phenoxy) is 2. The van der Waals surface area contributed by atoms with Crippen LogP contribution >= 0.6 is 0 Å². The summed E-state index contributed by atoms with van der Waals surface area (Å²) in [7, 11) is 3.12. The van der Waals surface area contributed by atoms with Gasteiger partial charge in [0.2, 0.25) is 11.8 Å². The second-order valence-electron chi connectivity index (χ2n) is 6.25. The van der Waals surface area contributed by atoms with Gasteiger partial charge in [0.25, 0.3) is 0 Å². The van der Waals surface area contributed by atoms with E-state index in [1.54, 1.807) is 20.4 Å². The molecular formula is C14H23N3O2. The molecule has 0 amide bonds. The van der Waals surface area contributed by atoms with Gasteiger partial charge in [-0.25, -0.2) is 4.98 Å². The Kier molecular flexibility index (Phi) is 3.21. The molecule has 1 aromatic heterocycles. The highest BCUT2D eigenvalue weighted by Crippen LogP contribution is 2.71. The van der Waals surface area contributed by atoms with E-state index in [4.69, 9.17) is 15.2 Å². The molecule has 0 aromatic carbocycles. The Labute approximate surface area is 114 Å². The van der Waals surface area contributed by atoms with Crippen LogP contribution in [0.4, 0.5) is 0 Å². The van der Waals surface area contributed by atoms with E-state index in [9.17, 15) is 0 Å². The zero-order valence-corrected chi connectivity index (χ0v) is 12.5. The maximum Gasteiger partial charge on any atom is 0.240 e. The van der Waals surface area contributed by atoms with Crippen LogP contribution < -0.4 is 15.2 Å². The molecule has 5 heteroatoms. The molecule has 2 rings (SSSR count). The maximum atomic E-state index is 6.40. The number of nitrogens with two attached hydrogens (primary N) is 1. The average Bonchev–Trinajstić information content (AvgIpc) is 2.78. The molecule has 0 radical (unpaired) electrons. The first-order chi connectivity index (χ1) is 8.77. The summed E-state index contributed by atoms with van der Waals surface area (Å²) in [5.74, 6) is 1.24. The molecule has 1 atom stereocenters. The smallest absolute Gasteiger partial charge is 0.240 e. The first-order valence-electron chi connectivity index (χ1n) is 6.48. The van der Waals surface area contributed by atoms with E-state index in [0.29, 0.717) is 23.4 Å². The molecule has 0 bridgehead atoms. The molecule has 0 saturated heterocycles. The fourth-order valence-corrected chi connectivity index (χ4v) is 3.15. The first kappa shape index (κ1) is 14.1. The summed E-state index contributed by atoms with van der Waals surface area (Å²) < 4.78 is 10.3. The van der Waals surface area contributed by atoms with Crippen molar-refractivity contribution < 1.29 is 9.47 Å². The van der Waals surface area contributed by atoms with Crippen molar-refractivity contribution in [3.8, 4) is 11.8 Å². The molecule has 1 aromatic rings. The highest BCUT2D eigenvalue weighted by Gasteiger charge is 2.67. The van der Waals surface area contributed by atoms with Gasteiger partial charge < -0.3 is 15.2 Å². The molecule has 5 nitrogen and oxygen atoms in total. The van der Waals surface area contributed by atoms with Gasteiger partial charge in [-0.2, -0.15) is 4.98 Å². The van der Waals surface area contributed by atoms with Gasteiger partial charge in [0.1, 0.15) is 5.69 Å². The Balaban J connectivity index is 2.33. The zero-order chi connectivity index (χ0) is 14.4. The minimum absolute atomic E-state index is 0.182. The molecule has 1 aliphatic rings. The molecule has 1 heterocycles. The SMILES string of the molecule is COc1cnc(C(N)C2C(C)(C)C2(C)C)c(OC)n1. The molecule has 1 aliphatic carbocycles. The second kappa shape index (κ2) is 4.34. The van der Waals surface area contributed by atoms with Crippen molar-refractivity contribution in [1.29, 1.82) is 0 Å². The van der Waals surface area contributed by atoms with E-state index in [2.05, 4.69) is 37.7 Å². The Morgan fingerprint density at radius 3 is 2.16 bits per heavy atom. The number of rotatable bonds is 4. The largest absolute Gasteiger partial charge is 0.480 e. The number of hydrogen-bond acceptors (Lipinski definition) is 5. The normalized spacial score (nSPS) is 21.8. The number of methoxy groups -OCH3 is 2. The molecule has 1 unspecified atom stereocenters. The van der Waals surface area contributed by atoms with E-state index >= 15 is 0 Å². The van der Waals surface area contributed by atoms with Gasteiger partial charge in [-0.05, 0) is 16.7 Å². The van der Waals surface area contributed by atoms with Crippen molar-refractivity contribution in [2.75, 3.05) is 14.2 Å². The minimum atomic E-state index is -0.182. The maximum absolute atomic E-state index is 6.40. The molecule has 2 N–H and O–H groups in total. The topological polar surface area (TPSA) is 70.3 Å². The number of hydrogen-bond donors (Lipinski definition) is 1. The third kappa shape index (κ3) is 1.96. The summed E-state index contributed by atoms with van der Waals surface area (Å²) in [6.45, 7) is 8.95. The van der Waals surface area contributed by atoms with Crippen molar-refractivity contribution in [3.63, 3.8) is 0 Å². The summed E-state index contributed by atoms with van der Waals surface area (Å²) >= 11 is 0. The predicted octanol–water partition coefficient (Wildman–Crippen LogP) is 2.18. The van der Waals surface area contributed by atoms with Crippen molar-refractivity contribution in [2.45, 2.75) is 33.7 Å². The van der Waals surface area contributed by atoms with E-state index < -0.39 is 0 Å². The number of aromatic nitrogens is 2. The van der Waals surface area contributed by atoms with Crippen molar-refractivity contribution >= 4 is 0 Å². The third-order valence-electron chi connectivity index (χ3n) is 4.95. The lowest BCUT2D eigenvalue weighted by Gasteiger charge is -2.16. The van der Waals surface area contributed by atoms with Crippen LogP contribution in [-0.2, 0) is 0 Å². The minimum Gasteiger partial charge on any atom is -0.480 e. The van der Waals surface area contributed by atoms with Gasteiger partial charge in [0.15, 0.2) is 0 Å². The predicted molar refractivity (Wildman–Crippen MR) is 73.1 cm³/mol. The van der Waals surface area contributed by atoms with Gasteiger partial charge in [0.05, 0.1) is 26.5 Å². The van der Waals surface area contributed by atoms with Crippen LogP contribution in [0.15, 0.2) is 6.20 Å². The van der Waals surface area contributed by atoms with Crippen LogP contribution in [0.1, 0.15) is 39.4 Å². The van der Waals surface area contributed by atoms with E-state index in [-0.39, 0.29) is 16.9 Å². The summed E-state index contributed by atoms with van der Waals surface area (Å²) in [6.07, 6.45) is 1.58. The lowest BCUT2D eigenvalue weighted by Crippen LogP contribution is -2.19. The molecule has 0 spiro atoms. The molecule has 106 valence electrons. The monoisotopic (exact) mass is 265 g/mol. The van der Waals surface area contributed by atoms with Crippen molar-refractivity contribution in [2.24, 2.45) is 22.5 Å². The van der Waals surface area contributed by atoms with Gasteiger partial charge in [-0.1, -0.05) is 27.7 Å². The van der Waals surface area contributed by atoms with Gasteiger partial charge in [-0.3, -0.25) is 0 Å². The molecule has 1 fully saturated rings. The fourth-order valence-electron chi connectivity index (χ4n) is 3.15. The lowest BCUT2D eigenvalue weighted by molar-refractivity contribution is 0.347. The molecule has 1 saturated carbocycles. The van der Waals surface area contributed by atoms with Crippen LogP contribution in [0, 0.1) is 16.7 Å². The Hall–Kier alpha value is -1.36. The summed E-state index contributed by atoms with van der Waals surface area (Å²) in [6, 6.07) is -0.182. The lowest BCUT2D eigenvalue weighted by atomic mass is 10.0. The van der Waals surface area contributed by atoms with E-state index in [0.717, 1.165) is 0 Å². The zero-order valence-electron chi connectivity index (χ0n) is 12.5. The van der Waals surface area contributed by atoms with Crippen LogP contribution in [0.5, 0.6) is 11.8 Å². The Morgan fingerprint density at radius 2 is 1.74 bits per heavy atom. The fraction of sp³-hybridized carbons (Fsp3) is 0.714. The van der Waals surface area contributed by atoms with Crippen molar-refractivity contribution in [3.05, 3.63) is 11.9 Å². The highest BCUT2D eigenvalue weighted by molar-refractivity contribution is 5.30. The molecular weight excluding hydrogens is 242 g/mol. The summed E-state index contributed by atoms with van der Waals surface area (Å²) in [4.78, 5) is 8.62. The van der Waals surface area contributed by atoms with Gasteiger partial charge >= 0.3 is 0 Å². The average molecular weight is 265 g/mol. The molecule has 19 heavy (non-hydrogen) atoms. The van der Waals surface area contributed by atoms with E-state index in [1.165, 1.54) is 0 Å². The third-order valence-corrected chi connectivity index (χ3v) is 4.95.